The van der Waals surface area contributed by atoms with Crippen LogP contribution in [-0.4, -0.2) is 26.3 Å². The molecule has 0 amide bonds. The van der Waals surface area contributed by atoms with Gasteiger partial charge in [-0.25, -0.2) is 0 Å². The summed E-state index contributed by atoms with van der Waals surface area (Å²) in [6.07, 6.45) is 1.12. The van der Waals surface area contributed by atoms with E-state index in [0.717, 1.165) is 32.7 Å². The Morgan fingerprint density at radius 3 is 3.00 bits per heavy atom. The van der Waals surface area contributed by atoms with Crippen molar-refractivity contribution < 1.29 is 4.74 Å². The molecule has 1 saturated heterocycles. The number of benzene rings is 1. The van der Waals surface area contributed by atoms with Crippen LogP contribution in [0.25, 0.3) is 0 Å². The van der Waals surface area contributed by atoms with E-state index in [2.05, 4.69) is 35.6 Å². The maximum Gasteiger partial charge on any atom is 0.0591 e. The maximum atomic E-state index is 5.52. The van der Waals surface area contributed by atoms with Crippen molar-refractivity contribution in [1.29, 1.82) is 0 Å². The molecule has 0 bridgehead atoms. The molecule has 1 atom stereocenters. The first-order valence-electron chi connectivity index (χ1n) is 5.27. The molecule has 0 spiro atoms. The summed E-state index contributed by atoms with van der Waals surface area (Å²) in [5.74, 6) is 0.625. The molecule has 0 radical (unpaired) electrons. The first kappa shape index (κ1) is 9.69. The summed E-state index contributed by atoms with van der Waals surface area (Å²) in [6, 6.07) is 10.6. The third-order valence-corrected chi connectivity index (χ3v) is 2.58. The predicted octanol–water partition coefficient (Wildman–Crippen LogP) is 1.47. The number of hydrogen-bond acceptors (Lipinski definition) is 2. The van der Waals surface area contributed by atoms with Gasteiger partial charge >= 0.3 is 0 Å². The van der Waals surface area contributed by atoms with E-state index >= 15 is 0 Å². The Labute approximate surface area is 85.3 Å². The van der Waals surface area contributed by atoms with Crippen molar-refractivity contribution in [3.8, 4) is 0 Å². The lowest BCUT2D eigenvalue weighted by Crippen LogP contribution is -2.24. The standard InChI is InChI=1S/C12H17NO/c1-2-4-11(5-3-1)8-12-9-13-6-7-14-10-12/h1-5,12-13H,6-10H2. The molecule has 1 fully saturated rings. The molecule has 0 aromatic heterocycles. The molecule has 0 aliphatic carbocycles. The van der Waals surface area contributed by atoms with Crippen molar-refractivity contribution in [2.45, 2.75) is 6.42 Å². The summed E-state index contributed by atoms with van der Waals surface area (Å²) in [7, 11) is 0. The lowest BCUT2D eigenvalue weighted by atomic mass is 10.0. The van der Waals surface area contributed by atoms with Gasteiger partial charge in [-0.15, -0.1) is 0 Å². The van der Waals surface area contributed by atoms with Gasteiger partial charge in [-0.2, -0.15) is 0 Å². The van der Waals surface area contributed by atoms with Crippen molar-refractivity contribution >= 4 is 0 Å². The van der Waals surface area contributed by atoms with Crippen LogP contribution in [0.1, 0.15) is 5.56 Å². The van der Waals surface area contributed by atoms with E-state index in [1.165, 1.54) is 5.56 Å². The van der Waals surface area contributed by atoms with Gasteiger partial charge in [0, 0.05) is 13.1 Å². The molecule has 1 heterocycles. The fraction of sp³-hybridized carbons (Fsp3) is 0.500. The monoisotopic (exact) mass is 191 g/mol. The number of rotatable bonds is 2. The molecule has 76 valence electrons. The number of nitrogens with one attached hydrogen (secondary N) is 1. The molecule has 14 heavy (non-hydrogen) atoms. The highest BCUT2D eigenvalue weighted by Crippen LogP contribution is 2.09. The second kappa shape index (κ2) is 5.13. The molecular formula is C12H17NO. The zero-order valence-electron chi connectivity index (χ0n) is 8.41. The number of ether oxygens (including phenoxy) is 1. The van der Waals surface area contributed by atoms with Gasteiger partial charge in [0.15, 0.2) is 0 Å². The van der Waals surface area contributed by atoms with Gasteiger partial charge < -0.3 is 10.1 Å². The summed E-state index contributed by atoms with van der Waals surface area (Å²) in [5, 5.41) is 3.39. The van der Waals surface area contributed by atoms with E-state index in [1.54, 1.807) is 0 Å². The smallest absolute Gasteiger partial charge is 0.0591 e. The first-order valence-corrected chi connectivity index (χ1v) is 5.27. The van der Waals surface area contributed by atoms with Crippen LogP contribution >= 0.6 is 0 Å². The maximum absolute atomic E-state index is 5.52. The highest BCUT2D eigenvalue weighted by atomic mass is 16.5. The molecule has 2 rings (SSSR count). The second-order valence-corrected chi connectivity index (χ2v) is 3.83. The Bertz CT molecular complexity index is 252. The third-order valence-electron chi connectivity index (χ3n) is 2.58. The van der Waals surface area contributed by atoms with E-state index < -0.39 is 0 Å². The molecule has 1 aliphatic heterocycles. The minimum Gasteiger partial charge on any atom is -0.380 e. The van der Waals surface area contributed by atoms with Crippen LogP contribution in [0.15, 0.2) is 30.3 Å². The lowest BCUT2D eigenvalue weighted by Gasteiger charge is -2.13. The van der Waals surface area contributed by atoms with Crippen molar-refractivity contribution in [3.05, 3.63) is 35.9 Å². The Morgan fingerprint density at radius 1 is 1.29 bits per heavy atom. The summed E-state index contributed by atoms with van der Waals surface area (Å²) in [6.45, 7) is 3.81. The van der Waals surface area contributed by atoms with Crippen molar-refractivity contribution in [3.63, 3.8) is 0 Å². The third kappa shape index (κ3) is 2.82. The fourth-order valence-corrected chi connectivity index (χ4v) is 1.84. The highest BCUT2D eigenvalue weighted by Gasteiger charge is 2.12. The SMILES string of the molecule is c1ccc(CC2CNCCOC2)cc1. The molecule has 2 nitrogen and oxygen atoms in total. The van der Waals surface area contributed by atoms with Gasteiger partial charge in [0.25, 0.3) is 0 Å². The van der Waals surface area contributed by atoms with Crippen LogP contribution in [0.3, 0.4) is 0 Å². The quantitative estimate of drug-likeness (QED) is 0.764. The van der Waals surface area contributed by atoms with E-state index in [0.29, 0.717) is 5.92 Å². The normalized spacial score (nSPS) is 23.0. The van der Waals surface area contributed by atoms with Gasteiger partial charge in [0.1, 0.15) is 0 Å². The first-order chi connectivity index (χ1) is 6.95. The van der Waals surface area contributed by atoms with Gasteiger partial charge in [-0.1, -0.05) is 30.3 Å². The molecule has 1 N–H and O–H groups in total. The molecule has 0 saturated carbocycles. The van der Waals surface area contributed by atoms with Crippen molar-refractivity contribution in [2.75, 3.05) is 26.3 Å². The zero-order chi connectivity index (χ0) is 9.64. The van der Waals surface area contributed by atoms with Gasteiger partial charge in [0.05, 0.1) is 13.2 Å². The molecule has 2 heteroatoms. The minimum absolute atomic E-state index is 0.625. The van der Waals surface area contributed by atoms with E-state index in [1.807, 2.05) is 0 Å². The molecule has 1 aromatic carbocycles. The van der Waals surface area contributed by atoms with Crippen LogP contribution in [0, 0.1) is 5.92 Å². The van der Waals surface area contributed by atoms with E-state index in [9.17, 15) is 0 Å². The van der Waals surface area contributed by atoms with Crippen LogP contribution < -0.4 is 5.32 Å². The average Bonchev–Trinajstić information content (AvgIpc) is 2.48. The average molecular weight is 191 g/mol. The molecule has 1 aliphatic rings. The van der Waals surface area contributed by atoms with E-state index in [4.69, 9.17) is 4.74 Å². The summed E-state index contributed by atoms with van der Waals surface area (Å²) < 4.78 is 5.52. The zero-order valence-corrected chi connectivity index (χ0v) is 8.41. The Balaban J connectivity index is 1.90. The minimum atomic E-state index is 0.625. The lowest BCUT2D eigenvalue weighted by molar-refractivity contribution is 0.123. The van der Waals surface area contributed by atoms with Crippen LogP contribution in [-0.2, 0) is 11.2 Å². The summed E-state index contributed by atoms with van der Waals surface area (Å²) >= 11 is 0. The van der Waals surface area contributed by atoms with Gasteiger partial charge in [-0.3, -0.25) is 0 Å². The molecule has 1 unspecified atom stereocenters. The van der Waals surface area contributed by atoms with Crippen LogP contribution in [0.2, 0.25) is 0 Å². The summed E-state index contributed by atoms with van der Waals surface area (Å²) in [5.41, 5.74) is 1.41. The second-order valence-electron chi connectivity index (χ2n) is 3.83. The van der Waals surface area contributed by atoms with Crippen LogP contribution in [0.4, 0.5) is 0 Å². The van der Waals surface area contributed by atoms with E-state index in [-0.39, 0.29) is 0 Å². The predicted molar refractivity (Wildman–Crippen MR) is 57.3 cm³/mol. The molecular weight excluding hydrogens is 174 g/mol. The van der Waals surface area contributed by atoms with Crippen LogP contribution in [0.5, 0.6) is 0 Å². The topological polar surface area (TPSA) is 21.3 Å². The fourth-order valence-electron chi connectivity index (χ4n) is 1.84. The Morgan fingerprint density at radius 2 is 2.14 bits per heavy atom. The Hall–Kier alpha value is -0.860. The largest absolute Gasteiger partial charge is 0.380 e. The van der Waals surface area contributed by atoms with Crippen molar-refractivity contribution in [1.82, 2.24) is 5.32 Å². The van der Waals surface area contributed by atoms with Gasteiger partial charge in [0.2, 0.25) is 0 Å². The number of hydrogen-bond donors (Lipinski definition) is 1. The summed E-state index contributed by atoms with van der Waals surface area (Å²) in [4.78, 5) is 0. The van der Waals surface area contributed by atoms with Crippen molar-refractivity contribution in [2.24, 2.45) is 5.92 Å². The van der Waals surface area contributed by atoms with Gasteiger partial charge in [-0.05, 0) is 17.9 Å². The Kier molecular flexibility index (Phi) is 3.55. The highest BCUT2D eigenvalue weighted by molar-refractivity contribution is 5.15. The molecule has 1 aromatic rings.